The van der Waals surface area contributed by atoms with Gasteiger partial charge < -0.3 is 4.57 Å². The largest absolute Gasteiger partial charge is 0.337 e. The van der Waals surface area contributed by atoms with E-state index < -0.39 is 0 Å². The lowest BCUT2D eigenvalue weighted by Gasteiger charge is -2.13. The van der Waals surface area contributed by atoms with Gasteiger partial charge in [0.2, 0.25) is 5.82 Å². The molecule has 3 aromatic heterocycles. The van der Waals surface area contributed by atoms with E-state index in [1.165, 1.54) is 4.57 Å². The van der Waals surface area contributed by atoms with E-state index in [0.717, 1.165) is 40.9 Å². The number of nitrogens with zero attached hydrogens (tertiary/aromatic N) is 7. The third-order valence-corrected chi connectivity index (χ3v) is 7.44. The van der Waals surface area contributed by atoms with Crippen LogP contribution in [0.1, 0.15) is 44.5 Å². The first-order valence-electron chi connectivity index (χ1n) is 14.3. The second kappa shape index (κ2) is 11.8. The third-order valence-electron chi connectivity index (χ3n) is 7.44. The van der Waals surface area contributed by atoms with Gasteiger partial charge in [0.15, 0.2) is 11.2 Å². The number of imidazole rings is 1. The van der Waals surface area contributed by atoms with E-state index in [2.05, 4.69) is 51.8 Å². The molecule has 10 heteroatoms. The summed E-state index contributed by atoms with van der Waals surface area (Å²) >= 11 is 0. The van der Waals surface area contributed by atoms with Gasteiger partial charge in [-0.15, -0.1) is 10.2 Å². The summed E-state index contributed by atoms with van der Waals surface area (Å²) in [6, 6.07) is 25.6. The predicted octanol–water partition coefficient (Wildman–Crippen LogP) is 5.00. The van der Waals surface area contributed by atoms with Crippen molar-refractivity contribution in [3.05, 3.63) is 111 Å². The molecule has 0 bridgehead atoms. The molecule has 0 saturated carbocycles. The van der Waals surface area contributed by atoms with Gasteiger partial charge in [0.1, 0.15) is 5.82 Å². The Labute approximate surface area is 242 Å². The van der Waals surface area contributed by atoms with Crippen LogP contribution in [0, 0.1) is 0 Å². The molecular formula is C32H32N8O2. The van der Waals surface area contributed by atoms with Crippen LogP contribution in [0.15, 0.2) is 88.5 Å². The number of hydrogen-bond donors (Lipinski definition) is 1. The summed E-state index contributed by atoms with van der Waals surface area (Å²) in [5.74, 6) is 1.33. The van der Waals surface area contributed by atoms with Crippen LogP contribution >= 0.6 is 0 Å². The number of para-hydroxylation sites is 1. The number of aromatic nitrogens is 8. The van der Waals surface area contributed by atoms with Crippen molar-refractivity contribution in [2.24, 2.45) is 0 Å². The van der Waals surface area contributed by atoms with Crippen LogP contribution in [0.5, 0.6) is 0 Å². The first-order chi connectivity index (χ1) is 20.6. The van der Waals surface area contributed by atoms with Crippen molar-refractivity contribution in [3.63, 3.8) is 0 Å². The fourth-order valence-electron chi connectivity index (χ4n) is 5.38. The highest BCUT2D eigenvalue weighted by Gasteiger charge is 2.22. The highest BCUT2D eigenvalue weighted by molar-refractivity contribution is 5.80. The standard InChI is InChI=1S/C32H32N8O2/c1-3-5-15-27-33-30-28(31(41)38(20-4-2)32(42)40(30)24-11-7-6-8-12-24)39(27)21-22-16-18-23(19-17-22)25-13-9-10-14-26(25)29-34-36-37-35-29/h6-14,16-19H,3-5,15,20-21H2,1-2H3,(H,34,35,36,37). The van der Waals surface area contributed by atoms with E-state index in [-0.39, 0.29) is 11.2 Å². The van der Waals surface area contributed by atoms with E-state index in [1.807, 2.05) is 66.1 Å². The zero-order valence-electron chi connectivity index (χ0n) is 23.7. The summed E-state index contributed by atoms with van der Waals surface area (Å²) in [7, 11) is 0. The minimum Gasteiger partial charge on any atom is -0.318 e. The molecule has 3 aromatic carbocycles. The number of tetrazole rings is 1. The molecule has 6 aromatic rings. The Morgan fingerprint density at radius 1 is 0.810 bits per heavy atom. The van der Waals surface area contributed by atoms with Crippen LogP contribution in [0.2, 0.25) is 0 Å². The molecule has 0 saturated heterocycles. The molecule has 3 heterocycles. The summed E-state index contributed by atoms with van der Waals surface area (Å²) in [5, 5.41) is 14.5. The average Bonchev–Trinajstić information content (AvgIpc) is 3.68. The van der Waals surface area contributed by atoms with Crippen molar-refractivity contribution in [1.29, 1.82) is 0 Å². The molecule has 0 aliphatic carbocycles. The Bertz CT molecular complexity index is 1940. The number of hydrogen-bond acceptors (Lipinski definition) is 6. The van der Waals surface area contributed by atoms with Gasteiger partial charge in [-0.2, -0.15) is 5.21 Å². The van der Waals surface area contributed by atoms with Crippen molar-refractivity contribution < 1.29 is 0 Å². The molecule has 0 atom stereocenters. The monoisotopic (exact) mass is 560 g/mol. The molecule has 0 amide bonds. The number of nitrogens with one attached hydrogen (secondary N) is 1. The minimum absolute atomic E-state index is 0.301. The van der Waals surface area contributed by atoms with Crippen LogP contribution in [-0.2, 0) is 19.5 Å². The molecule has 0 radical (unpaired) electrons. The van der Waals surface area contributed by atoms with Crippen molar-refractivity contribution in [2.75, 3.05) is 0 Å². The maximum absolute atomic E-state index is 13.9. The van der Waals surface area contributed by atoms with Gasteiger partial charge in [-0.1, -0.05) is 87.0 Å². The highest BCUT2D eigenvalue weighted by atomic mass is 16.2. The van der Waals surface area contributed by atoms with E-state index in [9.17, 15) is 9.59 Å². The zero-order valence-corrected chi connectivity index (χ0v) is 23.7. The number of benzene rings is 3. The Balaban J connectivity index is 1.47. The van der Waals surface area contributed by atoms with Crippen LogP contribution in [0.4, 0.5) is 0 Å². The predicted molar refractivity (Wildman–Crippen MR) is 163 cm³/mol. The van der Waals surface area contributed by atoms with Gasteiger partial charge in [0, 0.05) is 25.1 Å². The Hall–Kier alpha value is -5.12. The first kappa shape index (κ1) is 27.1. The highest BCUT2D eigenvalue weighted by Crippen LogP contribution is 2.30. The number of rotatable bonds is 10. The second-order valence-corrected chi connectivity index (χ2v) is 10.3. The minimum atomic E-state index is -0.364. The summed E-state index contributed by atoms with van der Waals surface area (Å²) in [6.45, 7) is 4.89. The van der Waals surface area contributed by atoms with Gasteiger partial charge in [0.25, 0.3) is 5.56 Å². The Kier molecular flexibility index (Phi) is 7.59. The van der Waals surface area contributed by atoms with E-state index in [0.29, 0.717) is 48.6 Å². The van der Waals surface area contributed by atoms with Gasteiger partial charge in [0.05, 0.1) is 5.69 Å². The quantitative estimate of drug-likeness (QED) is 0.252. The van der Waals surface area contributed by atoms with Crippen LogP contribution in [-0.4, -0.2) is 39.3 Å². The molecule has 0 spiro atoms. The molecule has 0 aliphatic rings. The number of H-pyrrole nitrogens is 1. The molecule has 0 aliphatic heterocycles. The lowest BCUT2D eigenvalue weighted by atomic mass is 9.98. The van der Waals surface area contributed by atoms with Gasteiger partial charge in [-0.05, 0) is 46.9 Å². The van der Waals surface area contributed by atoms with Gasteiger partial charge >= 0.3 is 5.69 Å². The maximum Gasteiger partial charge on any atom is 0.337 e. The molecular weight excluding hydrogens is 528 g/mol. The SMILES string of the molecule is CCCCc1nc2c(c(=O)n(CCC)c(=O)n2-c2ccccc2)n1Cc1ccc(-c2ccccc2-c2nn[nH]n2)cc1. The lowest BCUT2D eigenvalue weighted by Crippen LogP contribution is -2.40. The summed E-state index contributed by atoms with van der Waals surface area (Å²) in [6.07, 6.45) is 3.29. The first-order valence-corrected chi connectivity index (χ1v) is 14.3. The fraction of sp³-hybridized carbons (Fsp3) is 0.250. The normalized spacial score (nSPS) is 11.4. The molecule has 212 valence electrons. The summed E-state index contributed by atoms with van der Waals surface area (Å²) < 4.78 is 4.92. The number of fused-ring (bicyclic) bond motifs is 1. The molecule has 1 N–H and O–H groups in total. The second-order valence-electron chi connectivity index (χ2n) is 10.3. The van der Waals surface area contributed by atoms with Crippen molar-refractivity contribution in [1.82, 2.24) is 39.3 Å². The zero-order chi connectivity index (χ0) is 29.1. The molecule has 10 nitrogen and oxygen atoms in total. The number of unbranched alkanes of at least 4 members (excludes halogenated alkanes) is 1. The van der Waals surface area contributed by atoms with Crippen LogP contribution < -0.4 is 11.2 Å². The average molecular weight is 561 g/mol. The smallest absolute Gasteiger partial charge is 0.318 e. The van der Waals surface area contributed by atoms with Gasteiger partial charge in [-0.25, -0.2) is 14.3 Å². The number of aromatic amines is 1. The van der Waals surface area contributed by atoms with E-state index >= 15 is 0 Å². The Morgan fingerprint density at radius 3 is 2.24 bits per heavy atom. The van der Waals surface area contributed by atoms with Crippen molar-refractivity contribution >= 4 is 11.2 Å². The van der Waals surface area contributed by atoms with Crippen molar-refractivity contribution in [2.45, 2.75) is 52.6 Å². The maximum atomic E-state index is 13.9. The van der Waals surface area contributed by atoms with E-state index in [1.54, 1.807) is 4.57 Å². The summed E-state index contributed by atoms with van der Waals surface area (Å²) in [5.41, 5.74) is 4.80. The number of aryl methyl sites for hydroxylation is 1. The van der Waals surface area contributed by atoms with Crippen molar-refractivity contribution in [3.8, 4) is 28.2 Å². The summed E-state index contributed by atoms with van der Waals surface area (Å²) in [4.78, 5) is 32.5. The topological polar surface area (TPSA) is 116 Å². The van der Waals surface area contributed by atoms with Crippen LogP contribution in [0.25, 0.3) is 39.4 Å². The molecule has 0 unspecified atom stereocenters. The molecule has 6 rings (SSSR count). The van der Waals surface area contributed by atoms with E-state index in [4.69, 9.17) is 4.98 Å². The molecule has 42 heavy (non-hydrogen) atoms. The Morgan fingerprint density at radius 2 is 1.55 bits per heavy atom. The third kappa shape index (κ3) is 4.96. The van der Waals surface area contributed by atoms with Gasteiger partial charge in [-0.3, -0.25) is 9.36 Å². The fourth-order valence-corrected chi connectivity index (χ4v) is 5.38. The van der Waals surface area contributed by atoms with Crippen LogP contribution in [0.3, 0.4) is 0 Å². The lowest BCUT2D eigenvalue weighted by molar-refractivity contribution is 0.603. The molecule has 0 fully saturated rings.